The highest BCUT2D eigenvalue weighted by molar-refractivity contribution is 5.81. The number of hydrogen-bond acceptors (Lipinski definition) is 3. The van der Waals surface area contributed by atoms with Crippen molar-refractivity contribution in [2.75, 3.05) is 5.73 Å². The molecule has 1 aromatic heterocycles. The fourth-order valence-corrected chi connectivity index (χ4v) is 2.60. The molecule has 3 rings (SSSR count). The number of nitrogen functional groups attached to an aromatic ring is 1. The molecule has 102 valence electrons. The van der Waals surface area contributed by atoms with Crippen molar-refractivity contribution in [3.8, 4) is 11.5 Å². The van der Waals surface area contributed by atoms with Gasteiger partial charge in [-0.1, -0.05) is 6.07 Å². The van der Waals surface area contributed by atoms with Crippen molar-refractivity contribution in [2.24, 2.45) is 0 Å². The van der Waals surface area contributed by atoms with Gasteiger partial charge in [0.25, 0.3) is 0 Å². The maximum absolute atomic E-state index is 5.96. The SMILES string of the molecule is Cc1cc(C)c2oc(-c3cc(N)cc(C)c3C)nc2c1. The summed E-state index contributed by atoms with van der Waals surface area (Å²) in [7, 11) is 0. The average Bonchev–Trinajstić information content (AvgIpc) is 2.77. The second kappa shape index (κ2) is 4.37. The molecule has 0 fully saturated rings. The minimum Gasteiger partial charge on any atom is -0.436 e. The van der Waals surface area contributed by atoms with Crippen molar-refractivity contribution >= 4 is 16.8 Å². The molecule has 1 heterocycles. The van der Waals surface area contributed by atoms with E-state index in [1.54, 1.807) is 0 Å². The summed E-state index contributed by atoms with van der Waals surface area (Å²) in [6.45, 7) is 8.22. The van der Waals surface area contributed by atoms with Crippen LogP contribution in [0.5, 0.6) is 0 Å². The predicted molar refractivity (Wildman–Crippen MR) is 82.8 cm³/mol. The van der Waals surface area contributed by atoms with Crippen LogP contribution in [0.4, 0.5) is 5.69 Å². The Morgan fingerprint density at radius 2 is 1.70 bits per heavy atom. The van der Waals surface area contributed by atoms with Crippen molar-refractivity contribution in [2.45, 2.75) is 27.7 Å². The molecule has 0 spiro atoms. The average molecular weight is 266 g/mol. The summed E-state index contributed by atoms with van der Waals surface area (Å²) in [6.07, 6.45) is 0. The first kappa shape index (κ1) is 12.7. The van der Waals surface area contributed by atoms with E-state index in [9.17, 15) is 0 Å². The first-order valence-electron chi connectivity index (χ1n) is 6.70. The number of rotatable bonds is 1. The number of anilines is 1. The lowest BCUT2D eigenvalue weighted by molar-refractivity contribution is 0.616. The molecule has 0 unspecified atom stereocenters. The lowest BCUT2D eigenvalue weighted by atomic mass is 10.0. The zero-order valence-corrected chi connectivity index (χ0v) is 12.2. The number of aryl methyl sites for hydroxylation is 3. The van der Waals surface area contributed by atoms with Crippen LogP contribution in [-0.4, -0.2) is 4.98 Å². The number of benzene rings is 2. The minimum atomic E-state index is 0.640. The van der Waals surface area contributed by atoms with Gasteiger partial charge >= 0.3 is 0 Å². The van der Waals surface area contributed by atoms with E-state index in [1.165, 1.54) is 5.56 Å². The summed E-state index contributed by atoms with van der Waals surface area (Å²) < 4.78 is 5.96. The molecule has 0 radical (unpaired) electrons. The summed E-state index contributed by atoms with van der Waals surface area (Å²) in [4.78, 5) is 4.63. The van der Waals surface area contributed by atoms with Gasteiger partial charge in [-0.15, -0.1) is 0 Å². The largest absolute Gasteiger partial charge is 0.436 e. The standard InChI is InChI=1S/C17H18N2O/c1-9-5-11(3)16-15(6-9)19-17(20-16)14-8-13(18)7-10(2)12(14)4/h5-8H,18H2,1-4H3. The van der Waals surface area contributed by atoms with Gasteiger partial charge in [-0.3, -0.25) is 0 Å². The first-order valence-corrected chi connectivity index (χ1v) is 6.70. The van der Waals surface area contributed by atoms with Crippen molar-refractivity contribution < 1.29 is 4.42 Å². The van der Waals surface area contributed by atoms with Gasteiger partial charge in [0.05, 0.1) is 0 Å². The third kappa shape index (κ3) is 1.95. The Morgan fingerprint density at radius 3 is 2.45 bits per heavy atom. The molecule has 0 saturated carbocycles. The van der Waals surface area contributed by atoms with Gasteiger partial charge in [-0.05, 0) is 68.1 Å². The van der Waals surface area contributed by atoms with E-state index in [0.29, 0.717) is 5.89 Å². The Balaban J connectivity index is 2.28. The molecule has 0 bridgehead atoms. The molecule has 0 aliphatic rings. The molecule has 2 N–H and O–H groups in total. The minimum absolute atomic E-state index is 0.640. The zero-order valence-electron chi connectivity index (χ0n) is 12.2. The van der Waals surface area contributed by atoms with Gasteiger partial charge in [0.1, 0.15) is 5.52 Å². The molecule has 0 amide bonds. The number of aromatic nitrogens is 1. The van der Waals surface area contributed by atoms with Crippen LogP contribution in [0.3, 0.4) is 0 Å². The molecule has 3 nitrogen and oxygen atoms in total. The van der Waals surface area contributed by atoms with Crippen LogP contribution in [0.2, 0.25) is 0 Å². The van der Waals surface area contributed by atoms with Crippen molar-refractivity contribution in [1.29, 1.82) is 0 Å². The van der Waals surface area contributed by atoms with E-state index in [-0.39, 0.29) is 0 Å². The third-order valence-corrected chi connectivity index (χ3v) is 3.74. The van der Waals surface area contributed by atoms with Gasteiger partial charge in [0.2, 0.25) is 5.89 Å². The van der Waals surface area contributed by atoms with Crippen LogP contribution in [0.25, 0.3) is 22.6 Å². The first-order chi connectivity index (χ1) is 9.45. The van der Waals surface area contributed by atoms with Gasteiger partial charge in [-0.25, -0.2) is 4.98 Å². The molecule has 0 aliphatic heterocycles. The van der Waals surface area contributed by atoms with Gasteiger partial charge in [0.15, 0.2) is 5.58 Å². The fourth-order valence-electron chi connectivity index (χ4n) is 2.60. The van der Waals surface area contributed by atoms with Gasteiger partial charge < -0.3 is 10.2 Å². The van der Waals surface area contributed by atoms with Crippen LogP contribution in [-0.2, 0) is 0 Å². The summed E-state index contributed by atoms with van der Waals surface area (Å²) in [5.74, 6) is 0.640. The molecule has 0 atom stereocenters. The number of nitrogens with zero attached hydrogens (tertiary/aromatic N) is 1. The topological polar surface area (TPSA) is 52.0 Å². The van der Waals surface area contributed by atoms with Crippen LogP contribution in [0.1, 0.15) is 22.3 Å². The van der Waals surface area contributed by atoms with Crippen LogP contribution in [0, 0.1) is 27.7 Å². The number of hydrogen-bond donors (Lipinski definition) is 1. The number of fused-ring (bicyclic) bond motifs is 1. The Labute approximate surface area is 118 Å². The van der Waals surface area contributed by atoms with Crippen LogP contribution >= 0.6 is 0 Å². The second-order valence-electron chi connectivity index (χ2n) is 5.46. The number of nitrogens with two attached hydrogens (primary N) is 1. The highest BCUT2D eigenvalue weighted by Gasteiger charge is 2.14. The lowest BCUT2D eigenvalue weighted by Crippen LogP contribution is -1.92. The monoisotopic (exact) mass is 266 g/mol. The normalized spacial score (nSPS) is 11.2. The summed E-state index contributed by atoms with van der Waals surface area (Å²) in [5.41, 5.74) is 14.0. The van der Waals surface area contributed by atoms with E-state index >= 15 is 0 Å². The maximum atomic E-state index is 5.96. The van der Waals surface area contributed by atoms with E-state index in [2.05, 4.69) is 24.9 Å². The highest BCUT2D eigenvalue weighted by atomic mass is 16.3. The molecular formula is C17H18N2O. The molecule has 0 saturated heterocycles. The summed E-state index contributed by atoms with van der Waals surface area (Å²) in [5, 5.41) is 0. The molecule has 0 aliphatic carbocycles. The van der Waals surface area contributed by atoms with Crippen molar-refractivity contribution in [1.82, 2.24) is 4.98 Å². The molecular weight excluding hydrogens is 248 g/mol. The molecule has 3 heteroatoms. The Kier molecular flexibility index (Phi) is 2.78. The van der Waals surface area contributed by atoms with Crippen molar-refractivity contribution in [3.63, 3.8) is 0 Å². The van der Waals surface area contributed by atoms with E-state index in [0.717, 1.165) is 39.0 Å². The van der Waals surface area contributed by atoms with E-state index in [4.69, 9.17) is 10.2 Å². The lowest BCUT2D eigenvalue weighted by Gasteiger charge is -2.06. The summed E-state index contributed by atoms with van der Waals surface area (Å²) in [6, 6.07) is 8.05. The van der Waals surface area contributed by atoms with Gasteiger partial charge in [-0.2, -0.15) is 0 Å². The van der Waals surface area contributed by atoms with Crippen LogP contribution in [0.15, 0.2) is 28.7 Å². The summed E-state index contributed by atoms with van der Waals surface area (Å²) >= 11 is 0. The Hall–Kier alpha value is -2.29. The van der Waals surface area contributed by atoms with Crippen molar-refractivity contribution in [3.05, 3.63) is 46.5 Å². The molecule has 2 aromatic carbocycles. The van der Waals surface area contributed by atoms with E-state index in [1.807, 2.05) is 32.0 Å². The zero-order chi connectivity index (χ0) is 14.4. The third-order valence-electron chi connectivity index (χ3n) is 3.74. The highest BCUT2D eigenvalue weighted by Crippen LogP contribution is 2.31. The smallest absolute Gasteiger partial charge is 0.227 e. The Morgan fingerprint density at radius 1 is 0.950 bits per heavy atom. The maximum Gasteiger partial charge on any atom is 0.227 e. The van der Waals surface area contributed by atoms with Crippen LogP contribution < -0.4 is 5.73 Å². The number of oxazole rings is 1. The van der Waals surface area contributed by atoms with Gasteiger partial charge in [0, 0.05) is 11.3 Å². The Bertz CT molecular complexity index is 815. The molecule has 3 aromatic rings. The molecule has 20 heavy (non-hydrogen) atoms. The fraction of sp³-hybridized carbons (Fsp3) is 0.235. The predicted octanol–water partition coefficient (Wildman–Crippen LogP) is 4.31. The quantitative estimate of drug-likeness (QED) is 0.668. The second-order valence-corrected chi connectivity index (χ2v) is 5.46. The van der Waals surface area contributed by atoms with E-state index < -0.39 is 0 Å².